The number of urea groups is 1. The lowest BCUT2D eigenvalue weighted by molar-refractivity contribution is 0.169. The molecule has 1 unspecified atom stereocenters. The summed E-state index contributed by atoms with van der Waals surface area (Å²) in [4.78, 5) is 13.6. The van der Waals surface area contributed by atoms with Crippen molar-refractivity contribution in [3.63, 3.8) is 0 Å². The van der Waals surface area contributed by atoms with Gasteiger partial charge < -0.3 is 20.7 Å². The normalized spacial score (nSPS) is 28.1. The molecule has 2 aliphatic rings. The Morgan fingerprint density at radius 3 is 2.67 bits per heavy atom. The van der Waals surface area contributed by atoms with Gasteiger partial charge in [-0.15, -0.1) is 0 Å². The van der Waals surface area contributed by atoms with Crippen LogP contribution in [0.4, 0.5) is 4.79 Å². The lowest BCUT2D eigenvalue weighted by Crippen LogP contribution is -2.49. The first kappa shape index (κ1) is 10.7. The molecule has 5 heteroatoms. The number of carbonyl (C=O) groups is 1. The molecule has 0 aromatic heterocycles. The van der Waals surface area contributed by atoms with Gasteiger partial charge in [-0.2, -0.15) is 0 Å². The quantitative estimate of drug-likeness (QED) is 0.639. The second-order valence-electron chi connectivity index (χ2n) is 4.33. The fourth-order valence-corrected chi connectivity index (χ4v) is 2.02. The zero-order chi connectivity index (χ0) is 10.7. The fourth-order valence-electron chi connectivity index (χ4n) is 2.02. The van der Waals surface area contributed by atoms with Gasteiger partial charge in [-0.25, -0.2) is 4.79 Å². The minimum Gasteiger partial charge on any atom is -0.379 e. The molecule has 2 amide bonds. The van der Waals surface area contributed by atoms with E-state index >= 15 is 0 Å². The molecule has 0 aromatic rings. The summed E-state index contributed by atoms with van der Waals surface area (Å²) in [6.07, 6.45) is 2.75. The molecule has 86 valence electrons. The van der Waals surface area contributed by atoms with Gasteiger partial charge in [-0.3, -0.25) is 0 Å². The van der Waals surface area contributed by atoms with E-state index < -0.39 is 0 Å². The third-order valence-electron chi connectivity index (χ3n) is 3.08. The second-order valence-corrected chi connectivity index (χ2v) is 4.33. The van der Waals surface area contributed by atoms with Crippen LogP contribution in [0.3, 0.4) is 0 Å². The van der Waals surface area contributed by atoms with E-state index in [1.165, 1.54) is 0 Å². The molecule has 3 N–H and O–H groups in total. The summed E-state index contributed by atoms with van der Waals surface area (Å²) in [6, 6.07) is 0.509. The summed E-state index contributed by atoms with van der Waals surface area (Å²) in [6.45, 7) is 2.97. The van der Waals surface area contributed by atoms with E-state index in [0.29, 0.717) is 6.61 Å². The van der Waals surface area contributed by atoms with Crippen LogP contribution in [0, 0.1) is 0 Å². The van der Waals surface area contributed by atoms with E-state index in [4.69, 9.17) is 10.5 Å². The molecular formula is C10H19N3O2. The molecule has 0 radical (unpaired) electrons. The number of amides is 2. The van der Waals surface area contributed by atoms with Gasteiger partial charge in [0.05, 0.1) is 12.6 Å². The molecule has 0 bridgehead atoms. The van der Waals surface area contributed by atoms with Crippen LogP contribution in [0.25, 0.3) is 0 Å². The summed E-state index contributed by atoms with van der Waals surface area (Å²) in [5.74, 6) is 0. The summed E-state index contributed by atoms with van der Waals surface area (Å²) in [5.41, 5.74) is 5.78. The van der Waals surface area contributed by atoms with Crippen LogP contribution in [0.5, 0.6) is 0 Å². The Balaban J connectivity index is 1.75. The van der Waals surface area contributed by atoms with Crippen molar-refractivity contribution in [2.75, 3.05) is 26.3 Å². The fraction of sp³-hybridized carbons (Fsp3) is 0.900. The average molecular weight is 213 g/mol. The van der Waals surface area contributed by atoms with Crippen LogP contribution in [0.15, 0.2) is 0 Å². The molecule has 15 heavy (non-hydrogen) atoms. The largest absolute Gasteiger partial charge is 0.379 e. The maximum Gasteiger partial charge on any atom is 0.317 e. The maximum absolute atomic E-state index is 11.8. The zero-order valence-corrected chi connectivity index (χ0v) is 8.95. The summed E-state index contributed by atoms with van der Waals surface area (Å²) in [7, 11) is 0. The molecule has 2 aliphatic heterocycles. The highest BCUT2D eigenvalue weighted by atomic mass is 16.5. The first-order valence-corrected chi connectivity index (χ1v) is 5.64. The highest BCUT2D eigenvalue weighted by Gasteiger charge is 2.24. The number of likely N-dealkylation sites (tertiary alicyclic amines) is 1. The van der Waals surface area contributed by atoms with Gasteiger partial charge in [0.15, 0.2) is 0 Å². The van der Waals surface area contributed by atoms with Crippen molar-refractivity contribution in [3.05, 3.63) is 0 Å². The average Bonchev–Trinajstić information content (AvgIpc) is 2.71. The molecule has 1 atom stereocenters. The lowest BCUT2D eigenvalue weighted by atomic mass is 10.1. The molecule has 0 saturated carbocycles. The number of nitrogens with two attached hydrogens (primary N) is 1. The minimum atomic E-state index is 0.0393. The molecule has 2 rings (SSSR count). The lowest BCUT2D eigenvalue weighted by Gasteiger charge is -2.31. The first-order valence-electron chi connectivity index (χ1n) is 5.64. The number of rotatable bonds is 1. The van der Waals surface area contributed by atoms with E-state index in [0.717, 1.165) is 39.0 Å². The van der Waals surface area contributed by atoms with Gasteiger partial charge in [0.25, 0.3) is 0 Å². The smallest absolute Gasteiger partial charge is 0.317 e. The summed E-state index contributed by atoms with van der Waals surface area (Å²) >= 11 is 0. The van der Waals surface area contributed by atoms with Crippen molar-refractivity contribution in [2.24, 2.45) is 5.73 Å². The minimum absolute atomic E-state index is 0.0393. The molecule has 0 spiro atoms. The van der Waals surface area contributed by atoms with Gasteiger partial charge in [0.1, 0.15) is 0 Å². The van der Waals surface area contributed by atoms with Crippen LogP contribution in [0.2, 0.25) is 0 Å². The summed E-state index contributed by atoms with van der Waals surface area (Å²) < 4.78 is 5.21. The van der Waals surface area contributed by atoms with E-state index in [1.807, 2.05) is 4.90 Å². The highest BCUT2D eigenvalue weighted by Crippen LogP contribution is 2.09. The Kier molecular flexibility index (Phi) is 3.43. The number of carbonyl (C=O) groups excluding carboxylic acids is 1. The second kappa shape index (κ2) is 4.81. The Morgan fingerprint density at radius 2 is 2.07 bits per heavy atom. The number of nitrogens with one attached hydrogen (secondary N) is 1. The predicted octanol–water partition coefficient (Wildman–Crippen LogP) is -0.0920. The maximum atomic E-state index is 11.8. The molecule has 0 aromatic carbocycles. The van der Waals surface area contributed by atoms with Gasteiger partial charge in [-0.05, 0) is 19.3 Å². The third-order valence-corrected chi connectivity index (χ3v) is 3.08. The standard InChI is InChI=1S/C10H19N3O2/c11-8-1-4-13(5-2-8)10(14)12-9-3-6-15-7-9/h8-9H,1-7,11H2,(H,12,14). The molecule has 5 nitrogen and oxygen atoms in total. The van der Waals surface area contributed by atoms with E-state index in [-0.39, 0.29) is 18.1 Å². The van der Waals surface area contributed by atoms with Gasteiger partial charge in [0.2, 0.25) is 0 Å². The van der Waals surface area contributed by atoms with Crippen molar-refractivity contribution in [1.29, 1.82) is 0 Å². The molecule has 0 aliphatic carbocycles. The van der Waals surface area contributed by atoms with Crippen molar-refractivity contribution in [3.8, 4) is 0 Å². The Labute approximate surface area is 89.9 Å². The van der Waals surface area contributed by atoms with Crippen molar-refractivity contribution < 1.29 is 9.53 Å². The van der Waals surface area contributed by atoms with E-state index in [2.05, 4.69) is 5.32 Å². The number of piperidine rings is 1. The SMILES string of the molecule is NC1CCN(C(=O)NC2CCOC2)CC1. The van der Waals surface area contributed by atoms with Crippen molar-refractivity contribution in [1.82, 2.24) is 10.2 Å². The van der Waals surface area contributed by atoms with Crippen LogP contribution < -0.4 is 11.1 Å². The van der Waals surface area contributed by atoms with Crippen LogP contribution >= 0.6 is 0 Å². The zero-order valence-electron chi connectivity index (χ0n) is 8.95. The monoisotopic (exact) mass is 213 g/mol. The van der Waals surface area contributed by atoms with Crippen LogP contribution in [-0.4, -0.2) is 49.3 Å². The number of nitrogens with zero attached hydrogens (tertiary/aromatic N) is 1. The van der Waals surface area contributed by atoms with Gasteiger partial charge in [-0.1, -0.05) is 0 Å². The predicted molar refractivity (Wildman–Crippen MR) is 56.5 cm³/mol. The molecule has 2 saturated heterocycles. The highest BCUT2D eigenvalue weighted by molar-refractivity contribution is 5.74. The van der Waals surface area contributed by atoms with Crippen LogP contribution in [-0.2, 0) is 4.74 Å². The Morgan fingerprint density at radius 1 is 1.33 bits per heavy atom. The summed E-state index contributed by atoms with van der Waals surface area (Å²) in [5, 5.41) is 2.98. The number of hydrogen-bond acceptors (Lipinski definition) is 3. The van der Waals surface area contributed by atoms with Crippen molar-refractivity contribution >= 4 is 6.03 Å². The molecular weight excluding hydrogens is 194 g/mol. The number of ether oxygens (including phenoxy) is 1. The van der Waals surface area contributed by atoms with Gasteiger partial charge >= 0.3 is 6.03 Å². The van der Waals surface area contributed by atoms with Crippen molar-refractivity contribution in [2.45, 2.75) is 31.3 Å². The molecule has 2 fully saturated rings. The van der Waals surface area contributed by atoms with E-state index in [1.54, 1.807) is 0 Å². The third kappa shape index (κ3) is 2.82. The van der Waals surface area contributed by atoms with Crippen LogP contribution in [0.1, 0.15) is 19.3 Å². The first-order chi connectivity index (χ1) is 7.25. The van der Waals surface area contributed by atoms with Gasteiger partial charge in [0, 0.05) is 25.7 Å². The molecule has 2 heterocycles. The van der Waals surface area contributed by atoms with E-state index in [9.17, 15) is 4.79 Å². The Hall–Kier alpha value is -0.810. The topological polar surface area (TPSA) is 67.6 Å². The Bertz CT molecular complexity index is 221. The number of hydrogen-bond donors (Lipinski definition) is 2.